The van der Waals surface area contributed by atoms with E-state index in [1.54, 1.807) is 0 Å². The van der Waals surface area contributed by atoms with E-state index in [9.17, 15) is 0 Å². The Labute approximate surface area is 129 Å². The topological polar surface area (TPSA) is 24.5 Å². The zero-order valence-electron chi connectivity index (χ0n) is 13.8. The van der Waals surface area contributed by atoms with Gasteiger partial charge in [0.15, 0.2) is 0 Å². The van der Waals surface area contributed by atoms with Crippen molar-refractivity contribution in [3.63, 3.8) is 0 Å². The van der Waals surface area contributed by atoms with E-state index in [0.717, 1.165) is 31.4 Å². The Kier molecular flexibility index (Phi) is 6.52. The molecule has 0 radical (unpaired) electrons. The van der Waals surface area contributed by atoms with Crippen molar-refractivity contribution in [2.45, 2.75) is 39.7 Å². The number of nitrogens with zero attached hydrogens (tertiary/aromatic N) is 1. The molecule has 0 aliphatic carbocycles. The summed E-state index contributed by atoms with van der Waals surface area (Å²) < 4.78 is 5.53. The SMILES string of the molecule is CCNC(CN1CCC(C)CC1)c1ccc(OCC)cc1. The van der Waals surface area contributed by atoms with Gasteiger partial charge < -0.3 is 15.0 Å². The molecule has 0 aromatic heterocycles. The maximum absolute atomic E-state index is 5.53. The molecule has 0 spiro atoms. The minimum absolute atomic E-state index is 0.416. The van der Waals surface area contributed by atoms with E-state index in [2.05, 4.69) is 48.3 Å². The maximum Gasteiger partial charge on any atom is 0.119 e. The van der Waals surface area contributed by atoms with Crippen molar-refractivity contribution >= 4 is 0 Å². The number of nitrogens with one attached hydrogen (secondary N) is 1. The molecule has 1 N–H and O–H groups in total. The first-order valence-electron chi connectivity index (χ1n) is 8.41. The lowest BCUT2D eigenvalue weighted by atomic mass is 9.98. The summed E-state index contributed by atoms with van der Waals surface area (Å²) in [5.41, 5.74) is 1.36. The van der Waals surface area contributed by atoms with Gasteiger partial charge in [0.2, 0.25) is 0 Å². The average Bonchev–Trinajstić information content (AvgIpc) is 2.50. The van der Waals surface area contributed by atoms with Crippen LogP contribution in [0.25, 0.3) is 0 Å². The molecule has 2 rings (SSSR count). The quantitative estimate of drug-likeness (QED) is 0.832. The molecule has 0 bridgehead atoms. The van der Waals surface area contributed by atoms with Crippen molar-refractivity contribution in [2.75, 3.05) is 32.8 Å². The van der Waals surface area contributed by atoms with Crippen molar-refractivity contribution in [3.05, 3.63) is 29.8 Å². The molecule has 1 fully saturated rings. The lowest BCUT2D eigenvalue weighted by molar-refractivity contribution is 0.175. The van der Waals surface area contributed by atoms with E-state index >= 15 is 0 Å². The highest BCUT2D eigenvalue weighted by Crippen LogP contribution is 2.22. The molecule has 1 aromatic rings. The zero-order valence-corrected chi connectivity index (χ0v) is 13.8. The molecular weight excluding hydrogens is 260 g/mol. The Morgan fingerprint density at radius 3 is 2.43 bits per heavy atom. The summed E-state index contributed by atoms with van der Waals surface area (Å²) >= 11 is 0. The standard InChI is InChI=1S/C18H30N2O/c1-4-19-18(14-20-12-10-15(3)11-13-20)16-6-8-17(9-7-16)21-5-2/h6-9,15,18-19H,4-5,10-14H2,1-3H3. The lowest BCUT2D eigenvalue weighted by Crippen LogP contribution is -2.39. The number of piperidine rings is 1. The number of rotatable bonds is 7. The van der Waals surface area contributed by atoms with Gasteiger partial charge in [-0.15, -0.1) is 0 Å². The number of benzene rings is 1. The van der Waals surface area contributed by atoms with Gasteiger partial charge in [-0.2, -0.15) is 0 Å². The van der Waals surface area contributed by atoms with Crippen LogP contribution >= 0.6 is 0 Å². The second-order valence-electron chi connectivity index (χ2n) is 6.10. The van der Waals surface area contributed by atoms with Crippen LogP contribution in [0.4, 0.5) is 0 Å². The van der Waals surface area contributed by atoms with Gasteiger partial charge in [0, 0.05) is 12.6 Å². The summed E-state index contributed by atoms with van der Waals surface area (Å²) in [6.45, 7) is 11.9. The maximum atomic E-state index is 5.53. The van der Waals surface area contributed by atoms with E-state index in [0.29, 0.717) is 6.04 Å². The Morgan fingerprint density at radius 2 is 1.86 bits per heavy atom. The van der Waals surface area contributed by atoms with Crippen LogP contribution in [0.5, 0.6) is 5.75 Å². The molecule has 1 heterocycles. The Bertz CT molecular complexity index is 396. The highest BCUT2D eigenvalue weighted by Gasteiger charge is 2.20. The van der Waals surface area contributed by atoms with E-state index in [-0.39, 0.29) is 0 Å². The first-order chi connectivity index (χ1) is 10.2. The van der Waals surface area contributed by atoms with Gasteiger partial charge in [0.05, 0.1) is 6.61 Å². The Morgan fingerprint density at radius 1 is 1.19 bits per heavy atom. The fourth-order valence-electron chi connectivity index (χ4n) is 3.00. The van der Waals surface area contributed by atoms with Crippen LogP contribution in [0.15, 0.2) is 24.3 Å². The second-order valence-corrected chi connectivity index (χ2v) is 6.10. The Hall–Kier alpha value is -1.06. The van der Waals surface area contributed by atoms with E-state index in [1.807, 2.05) is 6.92 Å². The van der Waals surface area contributed by atoms with Gasteiger partial charge in [-0.3, -0.25) is 0 Å². The van der Waals surface area contributed by atoms with E-state index in [1.165, 1.54) is 31.5 Å². The monoisotopic (exact) mass is 290 g/mol. The molecule has 118 valence electrons. The highest BCUT2D eigenvalue weighted by atomic mass is 16.5. The van der Waals surface area contributed by atoms with Gasteiger partial charge in [0.25, 0.3) is 0 Å². The summed E-state index contributed by atoms with van der Waals surface area (Å²) in [6, 6.07) is 8.98. The molecule has 1 aliphatic rings. The number of hydrogen-bond donors (Lipinski definition) is 1. The van der Waals surface area contributed by atoms with Crippen LogP contribution < -0.4 is 10.1 Å². The second kappa shape index (κ2) is 8.40. The summed E-state index contributed by atoms with van der Waals surface area (Å²) in [7, 11) is 0. The molecule has 3 nitrogen and oxygen atoms in total. The van der Waals surface area contributed by atoms with Crippen LogP contribution in [0.3, 0.4) is 0 Å². The first kappa shape index (κ1) is 16.3. The average molecular weight is 290 g/mol. The van der Waals surface area contributed by atoms with Crippen molar-refractivity contribution < 1.29 is 4.74 Å². The van der Waals surface area contributed by atoms with E-state index in [4.69, 9.17) is 4.74 Å². The third-order valence-corrected chi connectivity index (χ3v) is 4.36. The first-order valence-corrected chi connectivity index (χ1v) is 8.41. The third kappa shape index (κ3) is 5.01. The number of likely N-dealkylation sites (N-methyl/N-ethyl adjacent to an activating group) is 1. The predicted molar refractivity (Wildman–Crippen MR) is 88.9 cm³/mol. The summed E-state index contributed by atoms with van der Waals surface area (Å²) in [4.78, 5) is 2.60. The molecule has 1 unspecified atom stereocenters. The van der Waals surface area contributed by atoms with Gasteiger partial charge in [0.1, 0.15) is 5.75 Å². The molecule has 0 saturated carbocycles. The fraction of sp³-hybridized carbons (Fsp3) is 0.667. The molecule has 21 heavy (non-hydrogen) atoms. The van der Waals surface area contributed by atoms with Gasteiger partial charge >= 0.3 is 0 Å². The minimum Gasteiger partial charge on any atom is -0.494 e. The molecule has 1 aliphatic heterocycles. The molecule has 1 atom stereocenters. The third-order valence-electron chi connectivity index (χ3n) is 4.36. The van der Waals surface area contributed by atoms with Crippen LogP contribution in [-0.4, -0.2) is 37.7 Å². The van der Waals surface area contributed by atoms with Crippen LogP contribution in [0, 0.1) is 5.92 Å². The van der Waals surface area contributed by atoms with Crippen molar-refractivity contribution in [1.82, 2.24) is 10.2 Å². The summed E-state index contributed by atoms with van der Waals surface area (Å²) in [5.74, 6) is 1.85. The minimum atomic E-state index is 0.416. The zero-order chi connectivity index (χ0) is 15.1. The van der Waals surface area contributed by atoms with Crippen LogP contribution in [-0.2, 0) is 0 Å². The summed E-state index contributed by atoms with van der Waals surface area (Å²) in [6.07, 6.45) is 2.67. The fourth-order valence-corrected chi connectivity index (χ4v) is 3.00. The van der Waals surface area contributed by atoms with Gasteiger partial charge in [-0.25, -0.2) is 0 Å². The van der Waals surface area contributed by atoms with Gasteiger partial charge in [-0.1, -0.05) is 26.0 Å². The number of likely N-dealkylation sites (tertiary alicyclic amines) is 1. The molecular formula is C18H30N2O. The van der Waals surface area contributed by atoms with Gasteiger partial charge in [-0.05, 0) is 63.0 Å². The van der Waals surface area contributed by atoms with E-state index < -0.39 is 0 Å². The number of hydrogen-bond acceptors (Lipinski definition) is 3. The molecule has 1 aromatic carbocycles. The molecule has 3 heteroatoms. The normalized spacial score (nSPS) is 18.6. The van der Waals surface area contributed by atoms with Crippen molar-refractivity contribution in [1.29, 1.82) is 0 Å². The summed E-state index contributed by atoms with van der Waals surface area (Å²) in [5, 5.41) is 3.63. The predicted octanol–water partition coefficient (Wildman–Crippen LogP) is 3.47. The largest absolute Gasteiger partial charge is 0.494 e. The van der Waals surface area contributed by atoms with Crippen LogP contribution in [0.1, 0.15) is 45.2 Å². The van der Waals surface area contributed by atoms with Crippen molar-refractivity contribution in [3.8, 4) is 5.75 Å². The smallest absolute Gasteiger partial charge is 0.119 e. The molecule has 0 amide bonds. The van der Waals surface area contributed by atoms with Crippen molar-refractivity contribution in [2.24, 2.45) is 5.92 Å². The molecule has 1 saturated heterocycles. The highest BCUT2D eigenvalue weighted by molar-refractivity contribution is 5.29. The van der Waals surface area contributed by atoms with Crippen LogP contribution in [0.2, 0.25) is 0 Å². The Balaban J connectivity index is 1.97. The lowest BCUT2D eigenvalue weighted by Gasteiger charge is -2.33. The number of ether oxygens (including phenoxy) is 1.